The van der Waals surface area contributed by atoms with E-state index in [1.807, 2.05) is 11.6 Å². The van der Waals surface area contributed by atoms with E-state index in [1.165, 1.54) is 11.8 Å². The summed E-state index contributed by atoms with van der Waals surface area (Å²) in [7, 11) is 0. The summed E-state index contributed by atoms with van der Waals surface area (Å²) in [6.45, 7) is 3.70. The predicted molar refractivity (Wildman–Crippen MR) is 65.6 cm³/mol. The molecular weight excluding hydrogens is 228 g/mol. The standard InChI is InChI=1S/C10H14N2OS2/c1-8(13)15-9-2-5-12(6-3-9)10-11-4-7-14-10/h4,7,9H,2-3,5-6H2,1H3. The van der Waals surface area contributed by atoms with Gasteiger partial charge < -0.3 is 4.90 Å². The quantitative estimate of drug-likeness (QED) is 0.797. The van der Waals surface area contributed by atoms with Gasteiger partial charge in [-0.15, -0.1) is 11.3 Å². The number of hydrogen-bond acceptors (Lipinski definition) is 5. The first-order valence-corrected chi connectivity index (χ1v) is 6.83. The van der Waals surface area contributed by atoms with E-state index in [-0.39, 0.29) is 5.12 Å². The Hall–Kier alpha value is -0.550. The van der Waals surface area contributed by atoms with Crippen molar-refractivity contribution in [1.29, 1.82) is 0 Å². The molecule has 2 rings (SSSR count). The van der Waals surface area contributed by atoms with Crippen LogP contribution in [-0.4, -0.2) is 28.4 Å². The van der Waals surface area contributed by atoms with E-state index in [1.54, 1.807) is 18.3 Å². The lowest BCUT2D eigenvalue weighted by atomic mass is 10.1. The van der Waals surface area contributed by atoms with Crippen LogP contribution >= 0.6 is 23.1 Å². The molecule has 2 heterocycles. The van der Waals surface area contributed by atoms with Crippen molar-refractivity contribution in [3.8, 4) is 0 Å². The number of thiazole rings is 1. The molecule has 0 atom stereocenters. The van der Waals surface area contributed by atoms with Gasteiger partial charge in [0.1, 0.15) is 0 Å². The molecule has 0 aliphatic carbocycles. The number of hydrogen-bond donors (Lipinski definition) is 0. The first kappa shape index (κ1) is 11.0. The Bertz CT molecular complexity index is 318. The van der Waals surface area contributed by atoms with Crippen LogP contribution in [0.4, 0.5) is 5.13 Å². The molecule has 82 valence electrons. The molecule has 0 amide bonds. The lowest BCUT2D eigenvalue weighted by Gasteiger charge is -2.30. The van der Waals surface area contributed by atoms with Gasteiger partial charge in [-0.25, -0.2) is 4.98 Å². The molecule has 0 unspecified atom stereocenters. The van der Waals surface area contributed by atoms with E-state index in [2.05, 4.69) is 9.88 Å². The van der Waals surface area contributed by atoms with Crippen LogP contribution < -0.4 is 4.90 Å². The minimum atomic E-state index is 0.239. The molecule has 0 saturated carbocycles. The molecule has 0 bridgehead atoms. The van der Waals surface area contributed by atoms with Gasteiger partial charge in [0.15, 0.2) is 10.2 Å². The van der Waals surface area contributed by atoms with E-state index < -0.39 is 0 Å². The van der Waals surface area contributed by atoms with Crippen molar-refractivity contribution >= 4 is 33.3 Å². The summed E-state index contributed by atoms with van der Waals surface area (Å²) >= 11 is 3.18. The van der Waals surface area contributed by atoms with Crippen LogP contribution in [0.1, 0.15) is 19.8 Å². The smallest absolute Gasteiger partial charge is 0.186 e. The average Bonchev–Trinajstić information content (AvgIpc) is 2.71. The molecule has 5 heteroatoms. The highest BCUT2D eigenvalue weighted by Crippen LogP contribution is 2.27. The normalized spacial score (nSPS) is 18.1. The van der Waals surface area contributed by atoms with Crippen LogP contribution in [0.2, 0.25) is 0 Å². The summed E-state index contributed by atoms with van der Waals surface area (Å²) in [6, 6.07) is 0. The van der Waals surface area contributed by atoms with Crippen molar-refractivity contribution in [2.45, 2.75) is 25.0 Å². The fourth-order valence-electron chi connectivity index (χ4n) is 1.77. The monoisotopic (exact) mass is 242 g/mol. The highest BCUT2D eigenvalue weighted by Gasteiger charge is 2.21. The lowest BCUT2D eigenvalue weighted by molar-refractivity contribution is -0.109. The third kappa shape index (κ3) is 2.95. The summed E-state index contributed by atoms with van der Waals surface area (Å²) < 4.78 is 0. The van der Waals surface area contributed by atoms with Crippen LogP contribution in [0.3, 0.4) is 0 Å². The fraction of sp³-hybridized carbons (Fsp3) is 0.600. The molecule has 0 spiro atoms. The van der Waals surface area contributed by atoms with Crippen LogP contribution in [-0.2, 0) is 4.79 Å². The van der Waals surface area contributed by atoms with E-state index in [0.717, 1.165) is 31.1 Å². The second kappa shape index (κ2) is 4.99. The number of carbonyl (C=O) groups excluding carboxylic acids is 1. The van der Waals surface area contributed by atoms with Gasteiger partial charge in [0.25, 0.3) is 0 Å². The first-order valence-electron chi connectivity index (χ1n) is 5.07. The van der Waals surface area contributed by atoms with E-state index in [0.29, 0.717) is 5.25 Å². The highest BCUT2D eigenvalue weighted by atomic mass is 32.2. The fourth-order valence-corrected chi connectivity index (χ4v) is 3.38. The summed E-state index contributed by atoms with van der Waals surface area (Å²) in [5.74, 6) is 0. The molecular formula is C10H14N2OS2. The summed E-state index contributed by atoms with van der Waals surface area (Å²) in [5.41, 5.74) is 0. The van der Waals surface area contributed by atoms with Crippen molar-refractivity contribution in [3.05, 3.63) is 11.6 Å². The SMILES string of the molecule is CC(=O)SC1CCN(c2nccs2)CC1. The minimum absolute atomic E-state index is 0.239. The number of piperidine rings is 1. The Balaban J connectivity index is 1.84. The number of anilines is 1. The number of carbonyl (C=O) groups is 1. The van der Waals surface area contributed by atoms with Gasteiger partial charge in [0, 0.05) is 36.8 Å². The number of rotatable bonds is 2. The molecule has 0 N–H and O–H groups in total. The molecule has 0 radical (unpaired) electrons. The molecule has 1 aromatic rings. The van der Waals surface area contributed by atoms with Crippen LogP contribution in [0.15, 0.2) is 11.6 Å². The number of nitrogens with zero attached hydrogens (tertiary/aromatic N) is 2. The molecule has 1 fully saturated rings. The van der Waals surface area contributed by atoms with Gasteiger partial charge in [-0.3, -0.25) is 4.79 Å². The van der Waals surface area contributed by atoms with Crippen molar-refractivity contribution in [2.24, 2.45) is 0 Å². The summed E-state index contributed by atoms with van der Waals surface area (Å²) in [4.78, 5) is 17.6. The maximum atomic E-state index is 11.0. The van der Waals surface area contributed by atoms with Gasteiger partial charge in [-0.1, -0.05) is 11.8 Å². The zero-order valence-corrected chi connectivity index (χ0v) is 10.3. The average molecular weight is 242 g/mol. The molecule has 1 aliphatic heterocycles. The Morgan fingerprint density at radius 3 is 2.87 bits per heavy atom. The second-order valence-corrected chi connectivity index (χ2v) is 5.96. The Morgan fingerprint density at radius 1 is 1.60 bits per heavy atom. The highest BCUT2D eigenvalue weighted by molar-refractivity contribution is 8.14. The van der Waals surface area contributed by atoms with Crippen LogP contribution in [0.5, 0.6) is 0 Å². The zero-order valence-electron chi connectivity index (χ0n) is 8.68. The maximum absolute atomic E-state index is 11.0. The topological polar surface area (TPSA) is 33.2 Å². The summed E-state index contributed by atoms with van der Waals surface area (Å²) in [6.07, 6.45) is 4.02. The van der Waals surface area contributed by atoms with Crippen LogP contribution in [0, 0.1) is 0 Å². The largest absolute Gasteiger partial charge is 0.348 e. The molecule has 15 heavy (non-hydrogen) atoms. The van der Waals surface area contributed by atoms with Crippen molar-refractivity contribution < 1.29 is 4.79 Å². The Kier molecular flexibility index (Phi) is 3.64. The maximum Gasteiger partial charge on any atom is 0.186 e. The van der Waals surface area contributed by atoms with Gasteiger partial charge in [-0.05, 0) is 12.8 Å². The molecule has 1 aliphatic rings. The Labute approximate surface area is 97.9 Å². The van der Waals surface area contributed by atoms with Gasteiger partial charge >= 0.3 is 0 Å². The van der Waals surface area contributed by atoms with E-state index >= 15 is 0 Å². The summed E-state index contributed by atoms with van der Waals surface area (Å²) in [5, 5.41) is 3.87. The Morgan fingerprint density at radius 2 is 2.33 bits per heavy atom. The van der Waals surface area contributed by atoms with Gasteiger partial charge in [-0.2, -0.15) is 0 Å². The first-order chi connectivity index (χ1) is 7.25. The number of thioether (sulfide) groups is 1. The van der Waals surface area contributed by atoms with E-state index in [4.69, 9.17) is 0 Å². The third-order valence-corrected chi connectivity index (χ3v) is 4.43. The third-order valence-electron chi connectivity index (χ3n) is 2.46. The molecule has 3 nitrogen and oxygen atoms in total. The van der Waals surface area contributed by atoms with Crippen molar-refractivity contribution in [2.75, 3.05) is 18.0 Å². The lowest BCUT2D eigenvalue weighted by Crippen LogP contribution is -2.34. The predicted octanol–water partition coefficient (Wildman–Crippen LogP) is 2.39. The molecule has 0 aromatic carbocycles. The zero-order chi connectivity index (χ0) is 10.7. The van der Waals surface area contributed by atoms with Crippen LogP contribution in [0.25, 0.3) is 0 Å². The van der Waals surface area contributed by atoms with E-state index in [9.17, 15) is 4.79 Å². The molecule has 1 aromatic heterocycles. The second-order valence-electron chi connectivity index (χ2n) is 3.61. The molecule has 1 saturated heterocycles. The minimum Gasteiger partial charge on any atom is -0.348 e. The van der Waals surface area contributed by atoms with Gasteiger partial charge in [0.05, 0.1) is 0 Å². The van der Waals surface area contributed by atoms with Gasteiger partial charge in [0.2, 0.25) is 0 Å². The van der Waals surface area contributed by atoms with Crippen molar-refractivity contribution in [3.63, 3.8) is 0 Å². The van der Waals surface area contributed by atoms with Crippen molar-refractivity contribution in [1.82, 2.24) is 4.98 Å². The number of aromatic nitrogens is 1.